The smallest absolute Gasteiger partial charge is 0.410 e. The second-order valence-electron chi connectivity index (χ2n) is 8.75. The molecule has 0 N–H and O–H groups in total. The summed E-state index contributed by atoms with van der Waals surface area (Å²) in [6, 6.07) is 17.9. The maximum Gasteiger partial charge on any atom is 0.410 e. The molecule has 0 saturated carbocycles. The van der Waals surface area contributed by atoms with Crippen molar-refractivity contribution in [3.05, 3.63) is 65.7 Å². The SMILES string of the molecule is COCOC1CN(C(=O)OC(C)(C)C)CC(C(=O)OC)=C1c1cccc(-c2ccccc2)c1. The minimum Gasteiger partial charge on any atom is -0.466 e. The quantitative estimate of drug-likeness (QED) is 0.473. The third-order valence-corrected chi connectivity index (χ3v) is 5.13. The summed E-state index contributed by atoms with van der Waals surface area (Å²) in [4.78, 5) is 27.1. The molecule has 0 bridgehead atoms. The Morgan fingerprint density at radius 2 is 1.64 bits per heavy atom. The Labute approximate surface area is 194 Å². The van der Waals surface area contributed by atoms with Crippen LogP contribution in [0.4, 0.5) is 4.79 Å². The van der Waals surface area contributed by atoms with E-state index >= 15 is 0 Å². The van der Waals surface area contributed by atoms with E-state index in [9.17, 15) is 9.59 Å². The lowest BCUT2D eigenvalue weighted by atomic mass is 9.89. The largest absolute Gasteiger partial charge is 0.466 e. The molecule has 176 valence electrons. The molecule has 2 aromatic carbocycles. The van der Waals surface area contributed by atoms with Crippen LogP contribution in [-0.4, -0.2) is 62.8 Å². The normalized spacial score (nSPS) is 16.5. The highest BCUT2D eigenvalue weighted by Gasteiger charge is 2.37. The predicted octanol–water partition coefficient (Wildman–Crippen LogP) is 4.52. The van der Waals surface area contributed by atoms with Crippen molar-refractivity contribution in [2.45, 2.75) is 32.5 Å². The zero-order valence-electron chi connectivity index (χ0n) is 19.8. The van der Waals surface area contributed by atoms with Gasteiger partial charge in [-0.3, -0.25) is 0 Å². The van der Waals surface area contributed by atoms with Crippen LogP contribution in [0, 0.1) is 0 Å². The van der Waals surface area contributed by atoms with Crippen LogP contribution in [0.15, 0.2) is 60.2 Å². The van der Waals surface area contributed by atoms with Crippen molar-refractivity contribution in [2.75, 3.05) is 34.1 Å². The van der Waals surface area contributed by atoms with Crippen LogP contribution in [0.3, 0.4) is 0 Å². The Balaban J connectivity index is 2.07. The first kappa shape index (κ1) is 24.5. The van der Waals surface area contributed by atoms with Crippen LogP contribution >= 0.6 is 0 Å². The van der Waals surface area contributed by atoms with Gasteiger partial charge in [-0.15, -0.1) is 0 Å². The van der Waals surface area contributed by atoms with Gasteiger partial charge in [0, 0.05) is 12.7 Å². The van der Waals surface area contributed by atoms with Crippen molar-refractivity contribution < 1.29 is 28.5 Å². The minimum atomic E-state index is -0.667. The zero-order chi connectivity index (χ0) is 24.0. The lowest BCUT2D eigenvalue weighted by Gasteiger charge is -2.36. The summed E-state index contributed by atoms with van der Waals surface area (Å²) in [5.41, 5.74) is 3.24. The molecule has 0 fully saturated rings. The first-order chi connectivity index (χ1) is 15.7. The Morgan fingerprint density at radius 1 is 0.970 bits per heavy atom. The summed E-state index contributed by atoms with van der Waals surface area (Å²) in [5, 5.41) is 0. The number of ether oxygens (including phenoxy) is 4. The lowest BCUT2D eigenvalue weighted by Crippen LogP contribution is -2.47. The Bertz CT molecular complexity index is 1010. The fraction of sp³-hybridized carbons (Fsp3) is 0.385. The molecule has 7 nitrogen and oxygen atoms in total. The van der Waals surface area contributed by atoms with Crippen LogP contribution in [-0.2, 0) is 23.7 Å². The second-order valence-corrected chi connectivity index (χ2v) is 8.75. The van der Waals surface area contributed by atoms with E-state index in [1.165, 1.54) is 19.1 Å². The summed E-state index contributed by atoms with van der Waals surface area (Å²) in [6.07, 6.45) is -1.13. The van der Waals surface area contributed by atoms with Gasteiger partial charge in [-0.25, -0.2) is 9.59 Å². The van der Waals surface area contributed by atoms with Crippen LogP contribution in [0.5, 0.6) is 0 Å². The number of carbonyl (C=O) groups excluding carboxylic acids is 2. The standard InChI is InChI=1S/C26H31NO6/c1-26(2,3)33-25(29)27-15-21(24(28)31-5)23(22(16-27)32-17-30-4)20-13-9-12-19(14-20)18-10-7-6-8-11-18/h6-14,22H,15-17H2,1-5H3. The topological polar surface area (TPSA) is 74.3 Å². The molecule has 1 aliphatic rings. The van der Waals surface area contributed by atoms with Crippen molar-refractivity contribution in [2.24, 2.45) is 0 Å². The molecule has 0 saturated heterocycles. The number of esters is 1. The zero-order valence-corrected chi connectivity index (χ0v) is 19.8. The predicted molar refractivity (Wildman–Crippen MR) is 125 cm³/mol. The van der Waals surface area contributed by atoms with E-state index in [0.29, 0.717) is 11.1 Å². The van der Waals surface area contributed by atoms with Gasteiger partial charge in [-0.2, -0.15) is 0 Å². The van der Waals surface area contributed by atoms with Gasteiger partial charge in [0.25, 0.3) is 0 Å². The highest BCUT2D eigenvalue weighted by molar-refractivity contribution is 6.00. The summed E-state index contributed by atoms with van der Waals surface area (Å²) < 4.78 is 21.7. The lowest BCUT2D eigenvalue weighted by molar-refractivity contribution is -0.136. The van der Waals surface area contributed by atoms with Crippen molar-refractivity contribution >= 4 is 17.6 Å². The number of nitrogens with zero attached hydrogens (tertiary/aromatic N) is 1. The molecule has 7 heteroatoms. The van der Waals surface area contributed by atoms with Gasteiger partial charge in [0.1, 0.15) is 18.5 Å². The number of carbonyl (C=O) groups is 2. The number of hydrogen-bond donors (Lipinski definition) is 0. The molecule has 0 radical (unpaired) electrons. The molecule has 0 aromatic heterocycles. The van der Waals surface area contributed by atoms with Gasteiger partial charge < -0.3 is 23.8 Å². The molecule has 1 unspecified atom stereocenters. The second kappa shape index (κ2) is 10.6. The van der Waals surface area contributed by atoms with Crippen molar-refractivity contribution in [1.82, 2.24) is 4.90 Å². The Hall–Kier alpha value is -3.16. The van der Waals surface area contributed by atoms with Crippen LogP contribution in [0.2, 0.25) is 0 Å². The number of amides is 1. The molecule has 3 rings (SSSR count). The molecule has 1 atom stereocenters. The van der Waals surface area contributed by atoms with Crippen LogP contribution < -0.4 is 0 Å². The molecule has 1 amide bonds. The maximum atomic E-state index is 12.8. The first-order valence-corrected chi connectivity index (χ1v) is 10.8. The fourth-order valence-corrected chi connectivity index (χ4v) is 3.73. The van der Waals surface area contributed by atoms with Crippen LogP contribution in [0.25, 0.3) is 16.7 Å². The van der Waals surface area contributed by atoms with E-state index in [1.54, 1.807) is 20.8 Å². The monoisotopic (exact) mass is 453 g/mol. The van der Waals surface area contributed by atoms with E-state index in [-0.39, 0.29) is 19.9 Å². The Morgan fingerprint density at radius 3 is 2.27 bits per heavy atom. The van der Waals surface area contributed by atoms with Crippen molar-refractivity contribution in [3.8, 4) is 11.1 Å². The summed E-state index contributed by atoms with van der Waals surface area (Å²) >= 11 is 0. The minimum absolute atomic E-state index is 0.00313. The van der Waals surface area contributed by atoms with Gasteiger partial charge in [-0.05, 0) is 43.5 Å². The molecular weight excluding hydrogens is 422 g/mol. The van der Waals surface area contributed by atoms with Crippen molar-refractivity contribution in [3.63, 3.8) is 0 Å². The highest BCUT2D eigenvalue weighted by atomic mass is 16.7. The summed E-state index contributed by atoms with van der Waals surface area (Å²) in [7, 11) is 2.85. The molecule has 2 aromatic rings. The molecule has 33 heavy (non-hydrogen) atoms. The average Bonchev–Trinajstić information content (AvgIpc) is 2.81. The van der Waals surface area contributed by atoms with E-state index in [0.717, 1.165) is 16.7 Å². The molecule has 1 aliphatic heterocycles. The number of rotatable bonds is 6. The third-order valence-electron chi connectivity index (χ3n) is 5.13. The van der Waals surface area contributed by atoms with E-state index < -0.39 is 23.8 Å². The van der Waals surface area contributed by atoms with E-state index in [2.05, 4.69) is 0 Å². The third kappa shape index (κ3) is 6.21. The fourth-order valence-electron chi connectivity index (χ4n) is 3.73. The average molecular weight is 454 g/mol. The van der Waals surface area contributed by atoms with Gasteiger partial charge in [0.2, 0.25) is 0 Å². The van der Waals surface area contributed by atoms with Gasteiger partial charge in [-0.1, -0.05) is 48.5 Å². The first-order valence-electron chi connectivity index (χ1n) is 10.8. The summed E-state index contributed by atoms with van der Waals surface area (Å²) in [5.74, 6) is -0.519. The molecule has 0 aliphatic carbocycles. The van der Waals surface area contributed by atoms with E-state index in [4.69, 9.17) is 18.9 Å². The van der Waals surface area contributed by atoms with Gasteiger partial charge in [0.05, 0.1) is 25.8 Å². The highest BCUT2D eigenvalue weighted by Crippen LogP contribution is 2.33. The molecule has 1 heterocycles. The van der Waals surface area contributed by atoms with Crippen molar-refractivity contribution in [1.29, 1.82) is 0 Å². The summed E-state index contributed by atoms with van der Waals surface area (Å²) in [6.45, 7) is 5.66. The van der Waals surface area contributed by atoms with E-state index in [1.807, 2.05) is 54.6 Å². The maximum absolute atomic E-state index is 12.8. The van der Waals surface area contributed by atoms with Gasteiger partial charge >= 0.3 is 12.1 Å². The van der Waals surface area contributed by atoms with Crippen LogP contribution in [0.1, 0.15) is 26.3 Å². The Kier molecular flexibility index (Phi) is 7.89. The molecular formula is C26H31NO6. The number of benzene rings is 2. The number of methoxy groups -OCH3 is 2. The van der Waals surface area contributed by atoms with Gasteiger partial charge in [0.15, 0.2) is 0 Å². The molecule has 0 spiro atoms. The number of hydrogen-bond acceptors (Lipinski definition) is 6.